The van der Waals surface area contributed by atoms with E-state index in [1.54, 1.807) is 41.7 Å². The second-order valence-electron chi connectivity index (χ2n) is 9.61. The van der Waals surface area contributed by atoms with Crippen LogP contribution in [0.3, 0.4) is 0 Å². The maximum absolute atomic E-state index is 12.8. The molecule has 6 rings (SSSR count). The predicted molar refractivity (Wildman–Crippen MR) is 144 cm³/mol. The van der Waals surface area contributed by atoms with Crippen LogP contribution in [-0.4, -0.2) is 11.6 Å². The third-order valence-corrected chi connectivity index (χ3v) is 7.40. The molecule has 1 aliphatic rings. The van der Waals surface area contributed by atoms with E-state index in [0.717, 1.165) is 25.7 Å². The molecule has 1 heterocycles. The van der Waals surface area contributed by atoms with E-state index in [4.69, 9.17) is 0 Å². The van der Waals surface area contributed by atoms with Crippen LogP contribution in [0.25, 0.3) is 20.2 Å². The normalized spacial score (nSPS) is 12.7. The van der Waals surface area contributed by atoms with Gasteiger partial charge in [-0.15, -0.1) is 11.3 Å². The van der Waals surface area contributed by atoms with Gasteiger partial charge in [0.15, 0.2) is 17.0 Å². The maximum atomic E-state index is 12.8. The maximum Gasteiger partial charge on any atom is 0.195 e. The van der Waals surface area contributed by atoms with Crippen molar-refractivity contribution in [1.29, 1.82) is 0 Å². The molecule has 5 aromatic rings. The molecule has 4 aromatic carbocycles. The van der Waals surface area contributed by atoms with Crippen molar-refractivity contribution in [2.45, 2.75) is 26.2 Å². The Morgan fingerprint density at radius 1 is 0.543 bits per heavy atom. The summed E-state index contributed by atoms with van der Waals surface area (Å²) in [6, 6.07) is 28.1. The van der Waals surface area contributed by atoms with Gasteiger partial charge in [-0.3, -0.25) is 14.4 Å². The highest BCUT2D eigenvalue weighted by atomic mass is 32.1. The van der Waals surface area contributed by atoms with Gasteiger partial charge in [-0.1, -0.05) is 87.5 Å². The number of rotatable bonds is 0. The lowest BCUT2D eigenvalue weighted by molar-refractivity contribution is 0.0977. The smallest absolute Gasteiger partial charge is 0.195 e. The summed E-state index contributed by atoms with van der Waals surface area (Å²) in [6.07, 6.45) is 0. The average Bonchev–Trinajstić information content (AvgIpc) is 2.87. The van der Waals surface area contributed by atoms with Crippen LogP contribution >= 0.6 is 11.3 Å². The summed E-state index contributed by atoms with van der Waals surface area (Å²) < 4.78 is 2.11. The van der Waals surface area contributed by atoms with Crippen molar-refractivity contribution in [2.24, 2.45) is 0 Å². The summed E-state index contributed by atoms with van der Waals surface area (Å²) in [4.78, 5) is 37.4. The zero-order chi connectivity index (χ0) is 24.7. The van der Waals surface area contributed by atoms with Gasteiger partial charge in [-0.25, -0.2) is 0 Å². The van der Waals surface area contributed by atoms with Crippen LogP contribution in [0.5, 0.6) is 0 Å². The molecule has 0 atom stereocenters. The molecule has 3 nitrogen and oxygen atoms in total. The molecule has 0 N–H and O–H groups in total. The first-order valence-electron chi connectivity index (χ1n) is 11.5. The molecule has 0 radical (unpaired) electrons. The molecule has 4 heteroatoms. The van der Waals surface area contributed by atoms with E-state index in [2.05, 4.69) is 20.8 Å². The SMILES string of the molecule is CC(C)(C)c1cccc2c1C(=O)c1ccccc1C2=O.O=c1c2ccccc2sc2ccccc12. The van der Waals surface area contributed by atoms with Gasteiger partial charge in [0.05, 0.1) is 0 Å². The van der Waals surface area contributed by atoms with Gasteiger partial charge in [0, 0.05) is 42.4 Å². The van der Waals surface area contributed by atoms with Crippen molar-refractivity contribution in [3.63, 3.8) is 0 Å². The first-order valence-corrected chi connectivity index (χ1v) is 12.3. The van der Waals surface area contributed by atoms with E-state index in [1.165, 1.54) is 0 Å². The Hall–Kier alpha value is -3.89. The van der Waals surface area contributed by atoms with Crippen LogP contribution < -0.4 is 5.43 Å². The molecule has 0 spiro atoms. The van der Waals surface area contributed by atoms with Crippen molar-refractivity contribution in [2.75, 3.05) is 0 Å². The molecule has 0 bridgehead atoms. The minimum absolute atomic E-state index is 0.0410. The van der Waals surface area contributed by atoms with E-state index in [1.807, 2.05) is 60.7 Å². The van der Waals surface area contributed by atoms with Gasteiger partial charge in [0.2, 0.25) is 0 Å². The van der Waals surface area contributed by atoms with Crippen LogP contribution in [-0.2, 0) is 5.41 Å². The second kappa shape index (κ2) is 8.71. The number of carbonyl (C=O) groups excluding carboxylic acids is 2. The van der Waals surface area contributed by atoms with Gasteiger partial charge < -0.3 is 0 Å². The molecular formula is C31H24O3S. The fraction of sp³-hybridized carbons (Fsp3) is 0.129. The molecule has 0 saturated heterocycles. The molecular weight excluding hydrogens is 452 g/mol. The summed E-state index contributed by atoms with van der Waals surface area (Å²) in [5, 5.41) is 1.64. The minimum Gasteiger partial charge on any atom is -0.289 e. The Kier molecular flexibility index (Phi) is 5.70. The molecule has 35 heavy (non-hydrogen) atoms. The largest absolute Gasteiger partial charge is 0.289 e. The van der Waals surface area contributed by atoms with Gasteiger partial charge in [0.1, 0.15) is 0 Å². The van der Waals surface area contributed by atoms with Gasteiger partial charge >= 0.3 is 0 Å². The Bertz CT molecular complexity index is 1630. The van der Waals surface area contributed by atoms with E-state index in [-0.39, 0.29) is 22.4 Å². The monoisotopic (exact) mass is 476 g/mol. The number of ketones is 2. The molecule has 0 aliphatic heterocycles. The fourth-order valence-corrected chi connectivity index (χ4v) is 5.59. The Morgan fingerprint density at radius 2 is 1.03 bits per heavy atom. The number of fused-ring (bicyclic) bond motifs is 4. The van der Waals surface area contributed by atoms with Crippen molar-refractivity contribution >= 4 is 43.1 Å². The van der Waals surface area contributed by atoms with Crippen LogP contribution in [0.4, 0.5) is 0 Å². The predicted octanol–water partition coefficient (Wildman–Crippen LogP) is 7.17. The highest BCUT2D eigenvalue weighted by molar-refractivity contribution is 7.24. The second-order valence-corrected chi connectivity index (χ2v) is 10.7. The number of hydrogen-bond acceptors (Lipinski definition) is 4. The topological polar surface area (TPSA) is 51.2 Å². The third kappa shape index (κ3) is 4.00. The van der Waals surface area contributed by atoms with Crippen molar-refractivity contribution in [3.8, 4) is 0 Å². The lowest BCUT2D eigenvalue weighted by atomic mass is 9.75. The standard InChI is InChI=1S/C18H16O2.C13H8OS/c1-18(2,3)14-10-6-9-13-15(14)17(20)12-8-5-4-7-11(12)16(13)19;14-13-9-5-1-3-7-11(9)15-12-8-4-2-6-10(12)13/h4-10H,1-3H3;1-8H. The third-order valence-electron chi connectivity index (χ3n) is 6.24. The first kappa shape index (κ1) is 22.9. The van der Waals surface area contributed by atoms with Crippen LogP contribution in [0.1, 0.15) is 58.2 Å². The number of carbonyl (C=O) groups is 2. The lowest BCUT2D eigenvalue weighted by Gasteiger charge is -2.26. The van der Waals surface area contributed by atoms with Crippen LogP contribution in [0.2, 0.25) is 0 Å². The summed E-state index contributed by atoms with van der Waals surface area (Å²) in [6.45, 7) is 6.17. The summed E-state index contributed by atoms with van der Waals surface area (Å²) in [7, 11) is 0. The van der Waals surface area contributed by atoms with E-state index < -0.39 is 0 Å². The Balaban J connectivity index is 0.000000151. The van der Waals surface area contributed by atoms with Crippen molar-refractivity contribution < 1.29 is 9.59 Å². The van der Waals surface area contributed by atoms with E-state index in [0.29, 0.717) is 22.3 Å². The summed E-state index contributed by atoms with van der Waals surface area (Å²) in [5.74, 6) is -0.0953. The van der Waals surface area contributed by atoms with E-state index in [9.17, 15) is 14.4 Å². The van der Waals surface area contributed by atoms with Crippen LogP contribution in [0.15, 0.2) is 95.8 Å². The molecule has 172 valence electrons. The lowest BCUT2D eigenvalue weighted by Crippen LogP contribution is -2.26. The average molecular weight is 477 g/mol. The van der Waals surface area contributed by atoms with Gasteiger partial charge in [-0.2, -0.15) is 0 Å². The molecule has 1 aliphatic carbocycles. The quantitative estimate of drug-likeness (QED) is 0.218. The van der Waals surface area contributed by atoms with Crippen molar-refractivity contribution in [3.05, 3.63) is 129 Å². The first-order chi connectivity index (χ1) is 16.8. The zero-order valence-corrected chi connectivity index (χ0v) is 20.6. The number of hydrogen-bond donors (Lipinski definition) is 0. The highest BCUT2D eigenvalue weighted by Gasteiger charge is 2.33. The number of benzene rings is 4. The van der Waals surface area contributed by atoms with E-state index >= 15 is 0 Å². The Morgan fingerprint density at radius 3 is 1.60 bits per heavy atom. The molecule has 1 aromatic heterocycles. The van der Waals surface area contributed by atoms with Gasteiger partial charge in [-0.05, 0) is 35.2 Å². The van der Waals surface area contributed by atoms with Gasteiger partial charge in [0.25, 0.3) is 0 Å². The Labute approximate surface area is 207 Å². The molecule has 0 fully saturated rings. The molecule has 0 unspecified atom stereocenters. The molecule has 0 amide bonds. The summed E-state index contributed by atoms with van der Waals surface area (Å²) in [5.41, 5.74) is 3.03. The fourth-order valence-electron chi connectivity index (χ4n) is 4.52. The highest BCUT2D eigenvalue weighted by Crippen LogP contribution is 2.34. The summed E-state index contributed by atoms with van der Waals surface area (Å²) >= 11 is 1.67. The molecule has 0 saturated carbocycles. The zero-order valence-electron chi connectivity index (χ0n) is 19.8. The minimum atomic E-state index is -0.173. The van der Waals surface area contributed by atoms with Crippen molar-refractivity contribution in [1.82, 2.24) is 0 Å². The van der Waals surface area contributed by atoms with Crippen LogP contribution in [0, 0.1) is 0 Å².